The van der Waals surface area contributed by atoms with E-state index < -0.39 is 0 Å². The van der Waals surface area contributed by atoms with Crippen molar-refractivity contribution in [1.29, 1.82) is 0 Å². The lowest BCUT2D eigenvalue weighted by atomic mass is 9.79. The molecule has 6 heteroatoms. The third-order valence-corrected chi connectivity index (χ3v) is 5.73. The summed E-state index contributed by atoms with van der Waals surface area (Å²) in [7, 11) is 0. The fourth-order valence-corrected chi connectivity index (χ4v) is 4.32. The van der Waals surface area contributed by atoms with Gasteiger partial charge in [-0.15, -0.1) is 12.4 Å². The Kier molecular flexibility index (Phi) is 7.60. The Balaban J connectivity index is 0.00000192. The van der Waals surface area contributed by atoms with Gasteiger partial charge >= 0.3 is 0 Å². The Morgan fingerprint density at radius 2 is 1.91 bits per heavy atom. The highest BCUT2D eigenvalue weighted by Gasteiger charge is 2.39. The van der Waals surface area contributed by atoms with E-state index in [0.29, 0.717) is 0 Å². The van der Waals surface area contributed by atoms with Crippen LogP contribution in [-0.2, 0) is 9.53 Å². The highest BCUT2D eigenvalue weighted by molar-refractivity contribution is 5.85. The normalized spacial score (nSPS) is 28.6. The van der Waals surface area contributed by atoms with Crippen LogP contribution in [0, 0.1) is 5.92 Å². The maximum Gasteiger partial charge on any atom is 0.224 e. The van der Waals surface area contributed by atoms with Crippen LogP contribution in [0.25, 0.3) is 0 Å². The molecular weight excluding hydrogens is 314 g/mol. The van der Waals surface area contributed by atoms with Gasteiger partial charge in [0.05, 0.1) is 19.1 Å². The fraction of sp³-hybridized carbons (Fsp3) is 0.941. The van der Waals surface area contributed by atoms with Gasteiger partial charge in [0.2, 0.25) is 5.91 Å². The zero-order chi connectivity index (χ0) is 15.3. The SMILES string of the molecule is Cl.O=C(NCC1(N2CCOCC2)CCCCC1)C1CCCNC1. The molecule has 0 radical (unpaired) electrons. The average Bonchev–Trinajstić information content (AvgIpc) is 2.62. The second-order valence-corrected chi connectivity index (χ2v) is 7.15. The van der Waals surface area contributed by atoms with Crippen LogP contribution >= 0.6 is 12.4 Å². The third-order valence-electron chi connectivity index (χ3n) is 5.73. The van der Waals surface area contributed by atoms with E-state index in [1.165, 1.54) is 32.1 Å². The molecule has 1 amide bonds. The van der Waals surface area contributed by atoms with Crippen LogP contribution in [0.5, 0.6) is 0 Å². The number of nitrogens with one attached hydrogen (secondary N) is 2. The largest absolute Gasteiger partial charge is 0.379 e. The topological polar surface area (TPSA) is 53.6 Å². The molecule has 0 aromatic carbocycles. The summed E-state index contributed by atoms with van der Waals surface area (Å²) < 4.78 is 5.52. The van der Waals surface area contributed by atoms with Crippen LogP contribution in [0.1, 0.15) is 44.9 Å². The molecule has 3 rings (SSSR count). The Hall–Kier alpha value is -0.360. The molecule has 2 heterocycles. The standard InChI is InChI=1S/C17H31N3O2.ClH/c21-16(15-5-4-8-18-13-15)19-14-17(6-2-1-3-7-17)20-9-11-22-12-10-20;/h15,18H,1-14H2,(H,19,21);1H. The summed E-state index contributed by atoms with van der Waals surface area (Å²) in [6.07, 6.45) is 8.51. The predicted octanol–water partition coefficient (Wildman–Crippen LogP) is 1.56. The molecule has 1 saturated carbocycles. The van der Waals surface area contributed by atoms with Crippen LogP contribution < -0.4 is 10.6 Å². The molecule has 0 bridgehead atoms. The molecule has 2 N–H and O–H groups in total. The van der Waals surface area contributed by atoms with Gasteiger partial charge in [0.25, 0.3) is 0 Å². The van der Waals surface area contributed by atoms with Crippen molar-refractivity contribution >= 4 is 18.3 Å². The zero-order valence-electron chi connectivity index (χ0n) is 14.1. The van der Waals surface area contributed by atoms with Gasteiger partial charge in [0.15, 0.2) is 0 Å². The average molecular weight is 346 g/mol. The predicted molar refractivity (Wildman–Crippen MR) is 94.1 cm³/mol. The summed E-state index contributed by atoms with van der Waals surface area (Å²) >= 11 is 0. The summed E-state index contributed by atoms with van der Waals surface area (Å²) in [5.41, 5.74) is 0.180. The van der Waals surface area contributed by atoms with Crippen molar-refractivity contribution in [2.75, 3.05) is 45.9 Å². The minimum absolute atomic E-state index is 0. The summed E-state index contributed by atoms with van der Waals surface area (Å²) in [6, 6.07) is 0. The van der Waals surface area contributed by atoms with E-state index >= 15 is 0 Å². The second kappa shape index (κ2) is 9.21. The molecule has 3 aliphatic rings. The van der Waals surface area contributed by atoms with E-state index in [4.69, 9.17) is 4.74 Å². The van der Waals surface area contributed by atoms with E-state index in [1.807, 2.05) is 0 Å². The molecule has 2 saturated heterocycles. The van der Waals surface area contributed by atoms with Crippen LogP contribution in [0.4, 0.5) is 0 Å². The Morgan fingerprint density at radius 3 is 2.57 bits per heavy atom. The first-order valence-electron chi connectivity index (χ1n) is 9.11. The van der Waals surface area contributed by atoms with Crippen molar-refractivity contribution in [1.82, 2.24) is 15.5 Å². The molecule has 5 nitrogen and oxygen atoms in total. The zero-order valence-corrected chi connectivity index (χ0v) is 15.0. The van der Waals surface area contributed by atoms with Gasteiger partial charge in [0, 0.05) is 31.7 Å². The molecule has 3 fully saturated rings. The van der Waals surface area contributed by atoms with Crippen molar-refractivity contribution < 1.29 is 9.53 Å². The lowest BCUT2D eigenvalue weighted by molar-refractivity contribution is -0.126. The van der Waals surface area contributed by atoms with E-state index in [0.717, 1.165) is 58.8 Å². The highest BCUT2D eigenvalue weighted by atomic mass is 35.5. The number of piperidine rings is 1. The summed E-state index contributed by atoms with van der Waals surface area (Å²) in [5.74, 6) is 0.421. The van der Waals surface area contributed by atoms with Gasteiger partial charge in [-0.1, -0.05) is 19.3 Å². The van der Waals surface area contributed by atoms with Gasteiger partial charge in [-0.2, -0.15) is 0 Å². The minimum Gasteiger partial charge on any atom is -0.379 e. The van der Waals surface area contributed by atoms with Gasteiger partial charge in [-0.3, -0.25) is 9.69 Å². The lowest BCUT2D eigenvalue weighted by Gasteiger charge is -2.48. The van der Waals surface area contributed by atoms with Crippen molar-refractivity contribution in [3.8, 4) is 0 Å². The molecule has 0 aromatic heterocycles. The molecule has 134 valence electrons. The smallest absolute Gasteiger partial charge is 0.224 e. The quantitative estimate of drug-likeness (QED) is 0.812. The van der Waals surface area contributed by atoms with Crippen LogP contribution in [0.15, 0.2) is 0 Å². The molecular formula is C17H32ClN3O2. The Labute approximate surface area is 146 Å². The molecule has 1 atom stereocenters. The van der Waals surface area contributed by atoms with Crippen LogP contribution in [0.3, 0.4) is 0 Å². The number of carbonyl (C=O) groups is 1. The van der Waals surface area contributed by atoms with Gasteiger partial charge in [0.1, 0.15) is 0 Å². The van der Waals surface area contributed by atoms with Crippen molar-refractivity contribution in [3.63, 3.8) is 0 Å². The van der Waals surface area contributed by atoms with Gasteiger partial charge < -0.3 is 15.4 Å². The molecule has 1 aliphatic carbocycles. The number of rotatable bonds is 4. The number of carbonyl (C=O) groups excluding carboxylic acids is 1. The molecule has 1 unspecified atom stereocenters. The van der Waals surface area contributed by atoms with E-state index in [1.54, 1.807) is 0 Å². The molecule has 0 spiro atoms. The number of morpholine rings is 1. The summed E-state index contributed by atoms with van der Waals surface area (Å²) in [4.78, 5) is 15.1. The van der Waals surface area contributed by atoms with Crippen molar-refractivity contribution in [2.24, 2.45) is 5.92 Å². The summed E-state index contributed by atoms with van der Waals surface area (Å²) in [6.45, 7) is 6.42. The van der Waals surface area contributed by atoms with E-state index in [2.05, 4.69) is 15.5 Å². The molecule has 23 heavy (non-hydrogen) atoms. The van der Waals surface area contributed by atoms with Crippen molar-refractivity contribution in [2.45, 2.75) is 50.5 Å². The maximum atomic E-state index is 12.5. The first-order chi connectivity index (χ1) is 10.8. The first-order valence-corrected chi connectivity index (χ1v) is 9.11. The highest BCUT2D eigenvalue weighted by Crippen LogP contribution is 2.34. The number of ether oxygens (including phenoxy) is 1. The number of hydrogen-bond acceptors (Lipinski definition) is 4. The minimum atomic E-state index is 0. The molecule has 0 aromatic rings. The Bertz CT molecular complexity index is 363. The maximum absolute atomic E-state index is 12.5. The molecule has 2 aliphatic heterocycles. The Morgan fingerprint density at radius 1 is 1.17 bits per heavy atom. The monoisotopic (exact) mass is 345 g/mol. The van der Waals surface area contributed by atoms with Crippen molar-refractivity contribution in [3.05, 3.63) is 0 Å². The second-order valence-electron chi connectivity index (χ2n) is 7.15. The first kappa shape index (κ1) is 19.0. The van der Waals surface area contributed by atoms with Gasteiger partial charge in [-0.05, 0) is 32.2 Å². The number of amides is 1. The third kappa shape index (κ3) is 4.81. The fourth-order valence-electron chi connectivity index (χ4n) is 4.32. The van der Waals surface area contributed by atoms with Gasteiger partial charge in [-0.25, -0.2) is 0 Å². The van der Waals surface area contributed by atoms with E-state index in [9.17, 15) is 4.79 Å². The number of nitrogens with zero attached hydrogens (tertiary/aromatic N) is 1. The number of hydrogen-bond donors (Lipinski definition) is 2. The van der Waals surface area contributed by atoms with Crippen LogP contribution in [0.2, 0.25) is 0 Å². The summed E-state index contributed by atoms with van der Waals surface area (Å²) in [5, 5.41) is 6.64. The van der Waals surface area contributed by atoms with Crippen LogP contribution in [-0.4, -0.2) is 62.3 Å². The van der Waals surface area contributed by atoms with E-state index in [-0.39, 0.29) is 29.8 Å². The lowest BCUT2D eigenvalue weighted by Crippen LogP contribution is -2.60. The number of halogens is 1.